The number of thiophene rings is 1. The minimum atomic E-state index is -1.20. The first-order valence-corrected chi connectivity index (χ1v) is 15.9. The molecule has 1 atom stereocenters. The average Bonchev–Trinajstić information content (AvgIpc) is 3.50. The summed E-state index contributed by atoms with van der Waals surface area (Å²) >= 11 is 1.33. The number of amides is 3. The summed E-state index contributed by atoms with van der Waals surface area (Å²) in [6.07, 6.45) is 6.77. The molecule has 0 saturated heterocycles. The number of fused-ring (bicyclic) bond motifs is 2. The van der Waals surface area contributed by atoms with Crippen LogP contribution in [0.2, 0.25) is 0 Å². The Bertz CT molecular complexity index is 1770. The Hall–Kier alpha value is -5.01. The largest absolute Gasteiger partial charge is 0.494 e. The first-order chi connectivity index (χ1) is 21.9. The van der Waals surface area contributed by atoms with Crippen LogP contribution in [0.5, 0.6) is 5.75 Å². The van der Waals surface area contributed by atoms with Crippen LogP contribution < -0.4 is 10.1 Å². The van der Waals surface area contributed by atoms with Crippen molar-refractivity contribution in [3.8, 4) is 11.8 Å². The van der Waals surface area contributed by atoms with Crippen molar-refractivity contribution in [3.63, 3.8) is 0 Å². The molecule has 3 aromatic rings. The molecule has 1 aromatic heterocycles. The van der Waals surface area contributed by atoms with Crippen molar-refractivity contribution in [1.82, 2.24) is 4.90 Å². The highest BCUT2D eigenvalue weighted by atomic mass is 32.1. The highest BCUT2D eigenvalue weighted by Crippen LogP contribution is 2.47. The number of esters is 1. The molecule has 0 radical (unpaired) electrons. The minimum Gasteiger partial charge on any atom is -0.494 e. The fourth-order valence-corrected chi connectivity index (χ4v) is 7.03. The second-order valence-corrected chi connectivity index (χ2v) is 13.2. The van der Waals surface area contributed by atoms with Crippen LogP contribution in [0.3, 0.4) is 0 Å². The number of benzene rings is 2. The van der Waals surface area contributed by atoms with Crippen LogP contribution in [-0.2, 0) is 19.7 Å². The summed E-state index contributed by atoms with van der Waals surface area (Å²) in [7, 11) is 0. The topological polar surface area (TPSA) is 126 Å². The van der Waals surface area contributed by atoms with Gasteiger partial charge in [-0.05, 0) is 60.7 Å². The predicted octanol–water partition coefficient (Wildman–Crippen LogP) is 6.60. The van der Waals surface area contributed by atoms with E-state index in [1.54, 1.807) is 26.0 Å². The maximum atomic E-state index is 13.2. The number of nitrogens with one attached hydrogen (secondary N) is 1. The Morgan fingerprint density at radius 3 is 2.30 bits per heavy atom. The SMILES string of the molecule is CCOc1ccc(/C=C/C2=Cc3c(sc(NC(=O)COC(=O)C(C(C)C)N4C(=O)c5ccccc5C4=O)c3C#N)C(C)(C)C2)cc1. The van der Waals surface area contributed by atoms with Gasteiger partial charge in [0.1, 0.15) is 22.9 Å². The van der Waals surface area contributed by atoms with E-state index in [0.29, 0.717) is 17.2 Å². The maximum Gasteiger partial charge on any atom is 0.330 e. The Morgan fingerprint density at radius 1 is 1.07 bits per heavy atom. The van der Waals surface area contributed by atoms with Crippen molar-refractivity contribution < 1.29 is 28.7 Å². The van der Waals surface area contributed by atoms with Gasteiger partial charge in [0.15, 0.2) is 6.61 Å². The molecule has 2 heterocycles. The molecule has 0 spiro atoms. The van der Waals surface area contributed by atoms with Crippen LogP contribution in [-0.4, -0.2) is 47.8 Å². The summed E-state index contributed by atoms with van der Waals surface area (Å²) in [6.45, 7) is 9.49. The van der Waals surface area contributed by atoms with Gasteiger partial charge in [-0.3, -0.25) is 19.3 Å². The van der Waals surface area contributed by atoms with Crippen molar-refractivity contribution in [2.75, 3.05) is 18.5 Å². The van der Waals surface area contributed by atoms with E-state index in [1.165, 1.54) is 23.5 Å². The summed E-state index contributed by atoms with van der Waals surface area (Å²) in [6, 6.07) is 15.2. The van der Waals surface area contributed by atoms with E-state index in [2.05, 4.69) is 25.2 Å². The molecule has 2 aliphatic rings. The number of carbonyl (C=O) groups excluding carboxylic acids is 4. The van der Waals surface area contributed by atoms with Crippen molar-refractivity contribution in [1.29, 1.82) is 5.26 Å². The number of nitriles is 1. The molecule has 3 amide bonds. The number of imide groups is 1. The second-order valence-electron chi connectivity index (χ2n) is 12.1. The number of hydrogen-bond acceptors (Lipinski definition) is 8. The Morgan fingerprint density at radius 2 is 1.72 bits per heavy atom. The Balaban J connectivity index is 1.29. The van der Waals surface area contributed by atoms with E-state index in [9.17, 15) is 24.4 Å². The number of allylic oxidation sites excluding steroid dienone is 2. The van der Waals surface area contributed by atoms with Crippen LogP contribution in [0, 0.1) is 17.2 Å². The monoisotopic (exact) mass is 637 g/mol. The van der Waals surface area contributed by atoms with Crippen molar-refractivity contribution in [3.05, 3.63) is 92.9 Å². The van der Waals surface area contributed by atoms with Gasteiger partial charge >= 0.3 is 5.97 Å². The van der Waals surface area contributed by atoms with Gasteiger partial charge in [0.25, 0.3) is 17.7 Å². The van der Waals surface area contributed by atoms with Gasteiger partial charge in [0, 0.05) is 15.9 Å². The van der Waals surface area contributed by atoms with E-state index < -0.39 is 42.3 Å². The minimum absolute atomic E-state index is 0.223. The molecule has 0 fully saturated rings. The zero-order chi connectivity index (χ0) is 33.2. The lowest BCUT2D eigenvalue weighted by Crippen LogP contribution is -2.49. The third-order valence-corrected chi connectivity index (χ3v) is 9.39. The van der Waals surface area contributed by atoms with Crippen LogP contribution in [0.25, 0.3) is 12.2 Å². The maximum absolute atomic E-state index is 13.2. The lowest BCUT2D eigenvalue weighted by atomic mass is 9.77. The number of anilines is 1. The zero-order valence-electron chi connectivity index (χ0n) is 26.4. The molecule has 1 aliphatic carbocycles. The number of nitrogens with zero attached hydrogens (tertiary/aromatic N) is 2. The van der Waals surface area contributed by atoms with Crippen LogP contribution >= 0.6 is 11.3 Å². The highest BCUT2D eigenvalue weighted by molar-refractivity contribution is 7.17. The molecule has 2 aromatic carbocycles. The second kappa shape index (κ2) is 13.2. The Kier molecular flexibility index (Phi) is 9.26. The number of carbonyl (C=O) groups is 4. The van der Waals surface area contributed by atoms with Gasteiger partial charge in [-0.15, -0.1) is 11.3 Å². The van der Waals surface area contributed by atoms with Crippen LogP contribution in [0.1, 0.15) is 83.3 Å². The van der Waals surface area contributed by atoms with Crippen molar-refractivity contribution in [2.24, 2.45) is 5.92 Å². The lowest BCUT2D eigenvalue weighted by Gasteiger charge is -2.29. The number of hydrogen-bond donors (Lipinski definition) is 1. The quantitative estimate of drug-likeness (QED) is 0.196. The molecule has 1 unspecified atom stereocenters. The third kappa shape index (κ3) is 6.37. The molecule has 0 saturated carbocycles. The van der Waals surface area contributed by atoms with Gasteiger partial charge in [0.05, 0.1) is 23.3 Å². The molecular formula is C36H35N3O6S. The molecule has 236 valence electrons. The van der Waals surface area contributed by atoms with E-state index >= 15 is 0 Å². The van der Waals surface area contributed by atoms with Crippen LogP contribution in [0.4, 0.5) is 5.00 Å². The molecule has 10 heteroatoms. The molecule has 5 rings (SSSR count). The molecule has 46 heavy (non-hydrogen) atoms. The van der Waals surface area contributed by atoms with E-state index in [-0.39, 0.29) is 16.5 Å². The van der Waals surface area contributed by atoms with Crippen molar-refractivity contribution in [2.45, 2.75) is 52.5 Å². The number of ether oxygens (including phenoxy) is 2. The highest BCUT2D eigenvalue weighted by Gasteiger charge is 2.45. The molecule has 0 bridgehead atoms. The first-order valence-electron chi connectivity index (χ1n) is 15.1. The summed E-state index contributed by atoms with van der Waals surface area (Å²) in [4.78, 5) is 54.0. The fraction of sp³-hybridized carbons (Fsp3) is 0.306. The van der Waals surface area contributed by atoms with Crippen LogP contribution in [0.15, 0.2) is 60.2 Å². The van der Waals surface area contributed by atoms with E-state index in [4.69, 9.17) is 9.47 Å². The van der Waals surface area contributed by atoms with E-state index in [1.807, 2.05) is 49.4 Å². The van der Waals surface area contributed by atoms with Crippen molar-refractivity contribution >= 4 is 52.2 Å². The van der Waals surface area contributed by atoms with Gasteiger partial charge < -0.3 is 14.8 Å². The third-order valence-electron chi connectivity index (χ3n) is 7.90. The molecular weight excluding hydrogens is 602 g/mol. The van der Waals surface area contributed by atoms with E-state index in [0.717, 1.165) is 38.6 Å². The molecule has 9 nitrogen and oxygen atoms in total. The van der Waals surface area contributed by atoms with Gasteiger partial charge in [0.2, 0.25) is 0 Å². The normalized spacial score (nSPS) is 15.7. The fourth-order valence-electron chi connectivity index (χ4n) is 5.78. The predicted molar refractivity (Wildman–Crippen MR) is 176 cm³/mol. The summed E-state index contributed by atoms with van der Waals surface area (Å²) < 4.78 is 10.8. The lowest BCUT2D eigenvalue weighted by molar-refractivity contribution is -0.152. The van der Waals surface area contributed by atoms with Gasteiger partial charge in [-0.1, -0.05) is 64.1 Å². The standard InChI is InChI=1S/C36H35N3O6S/c1-6-44-24-15-13-22(14-16-24)11-12-23-17-27-28(19-37)32(46-31(27)36(4,5)18-23)38-29(40)20-45-35(43)30(21(2)3)39-33(41)25-9-7-8-10-26(25)34(39)42/h7-17,21,30H,6,18,20H2,1-5H3,(H,38,40)/b12-11+. The summed E-state index contributed by atoms with van der Waals surface area (Å²) in [5.74, 6) is -2.30. The average molecular weight is 638 g/mol. The summed E-state index contributed by atoms with van der Waals surface area (Å²) in [5.41, 5.74) is 3.30. The van der Waals surface area contributed by atoms with Gasteiger partial charge in [-0.25, -0.2) is 4.79 Å². The Labute approximate surface area is 272 Å². The zero-order valence-corrected chi connectivity index (χ0v) is 27.2. The smallest absolute Gasteiger partial charge is 0.330 e. The number of rotatable bonds is 10. The molecule has 1 N–H and O–H groups in total. The molecule has 1 aliphatic heterocycles. The summed E-state index contributed by atoms with van der Waals surface area (Å²) in [5, 5.41) is 13.2. The van der Waals surface area contributed by atoms with Gasteiger partial charge in [-0.2, -0.15) is 5.26 Å². The first kappa shape index (κ1) is 32.4.